The first-order chi connectivity index (χ1) is 16.2. The molecule has 4 N–H and O–H groups in total. The molecule has 1 saturated carbocycles. The van der Waals surface area contributed by atoms with Crippen LogP contribution in [0.2, 0.25) is 0 Å². The van der Waals surface area contributed by atoms with E-state index in [1.54, 1.807) is 42.5 Å². The zero-order valence-corrected chi connectivity index (χ0v) is 20.4. The van der Waals surface area contributed by atoms with Gasteiger partial charge in [0, 0.05) is 22.9 Å². The molecular formula is C28H36N2O4. The molecular weight excluding hydrogens is 428 g/mol. The van der Waals surface area contributed by atoms with Crippen LogP contribution in [-0.4, -0.2) is 18.5 Å². The lowest BCUT2D eigenvalue weighted by molar-refractivity contribution is -0.140. The van der Waals surface area contributed by atoms with Gasteiger partial charge in [0.1, 0.15) is 12.4 Å². The van der Waals surface area contributed by atoms with E-state index >= 15 is 0 Å². The Morgan fingerprint density at radius 1 is 1.03 bits per heavy atom. The average molecular weight is 465 g/mol. The lowest BCUT2D eigenvalue weighted by Gasteiger charge is -2.26. The predicted molar refractivity (Wildman–Crippen MR) is 136 cm³/mol. The van der Waals surface area contributed by atoms with Gasteiger partial charge in [0.25, 0.3) is 0 Å². The molecule has 0 atom stereocenters. The summed E-state index contributed by atoms with van der Waals surface area (Å²) in [6.07, 6.45) is 8.24. The summed E-state index contributed by atoms with van der Waals surface area (Å²) in [7, 11) is 0. The molecule has 3 rings (SSSR count). The Morgan fingerprint density at radius 2 is 1.71 bits per heavy atom. The smallest absolute Gasteiger partial charge is 0.330 e. The van der Waals surface area contributed by atoms with E-state index in [-0.39, 0.29) is 18.5 Å². The van der Waals surface area contributed by atoms with Crippen molar-refractivity contribution >= 4 is 29.4 Å². The minimum Gasteiger partial charge on any atom is -0.462 e. The van der Waals surface area contributed by atoms with E-state index in [9.17, 15) is 9.59 Å². The lowest BCUT2D eigenvalue weighted by Crippen LogP contribution is -2.27. The van der Waals surface area contributed by atoms with Crippen LogP contribution in [0.25, 0.3) is 6.08 Å². The monoisotopic (exact) mass is 464 g/mol. The number of benzene rings is 2. The molecule has 0 spiro atoms. The minimum atomic E-state index is -0.456. The SMILES string of the molecule is CCC1CCC(C(=O)Oc2ccc(/C=C/C(=O)OCC(C)(C)c3ccc(N)cc3N)cc2)CC1. The van der Waals surface area contributed by atoms with Gasteiger partial charge in [-0.2, -0.15) is 0 Å². The molecule has 0 aromatic heterocycles. The van der Waals surface area contributed by atoms with Gasteiger partial charge >= 0.3 is 11.9 Å². The van der Waals surface area contributed by atoms with Gasteiger partial charge in [-0.15, -0.1) is 0 Å². The van der Waals surface area contributed by atoms with Gasteiger partial charge in [0.05, 0.1) is 5.92 Å². The maximum Gasteiger partial charge on any atom is 0.330 e. The second-order valence-electron chi connectivity index (χ2n) is 9.79. The van der Waals surface area contributed by atoms with Gasteiger partial charge in [-0.1, -0.05) is 45.4 Å². The third-order valence-corrected chi connectivity index (χ3v) is 6.65. The van der Waals surface area contributed by atoms with Crippen LogP contribution in [0.1, 0.15) is 64.0 Å². The second kappa shape index (κ2) is 11.2. The lowest BCUT2D eigenvalue weighted by atomic mass is 9.81. The number of hydrogen-bond acceptors (Lipinski definition) is 6. The molecule has 0 saturated heterocycles. The highest BCUT2D eigenvalue weighted by atomic mass is 16.5. The van der Waals surface area contributed by atoms with Crippen molar-refractivity contribution in [3.63, 3.8) is 0 Å². The summed E-state index contributed by atoms with van der Waals surface area (Å²) in [4.78, 5) is 24.7. The standard InChI is InChI=1S/C28H36N2O4/c1-4-19-5-10-21(11-6-19)27(32)34-23-13-7-20(8-14-23)9-16-26(31)33-18-28(2,3)24-15-12-22(29)17-25(24)30/h7-9,12-17,19,21H,4-6,10-11,18,29-30H2,1-3H3/b16-9+. The van der Waals surface area contributed by atoms with Gasteiger partial charge in [-0.3, -0.25) is 4.79 Å². The van der Waals surface area contributed by atoms with E-state index in [0.29, 0.717) is 17.1 Å². The van der Waals surface area contributed by atoms with E-state index in [4.69, 9.17) is 20.9 Å². The Balaban J connectivity index is 1.49. The van der Waals surface area contributed by atoms with Crippen molar-refractivity contribution in [1.29, 1.82) is 0 Å². The number of hydrogen-bond donors (Lipinski definition) is 2. The Kier molecular flexibility index (Phi) is 8.37. The highest BCUT2D eigenvalue weighted by Gasteiger charge is 2.27. The molecule has 34 heavy (non-hydrogen) atoms. The molecule has 0 amide bonds. The molecule has 0 bridgehead atoms. The van der Waals surface area contributed by atoms with Gasteiger partial charge in [0.15, 0.2) is 0 Å². The zero-order chi connectivity index (χ0) is 24.7. The molecule has 182 valence electrons. The van der Waals surface area contributed by atoms with Gasteiger partial charge in [-0.25, -0.2) is 4.79 Å². The summed E-state index contributed by atoms with van der Waals surface area (Å²) in [6, 6.07) is 12.4. The minimum absolute atomic E-state index is 0.00927. The number of carbonyl (C=O) groups excluding carboxylic acids is 2. The van der Waals surface area contributed by atoms with Crippen LogP contribution >= 0.6 is 0 Å². The molecule has 1 fully saturated rings. The van der Waals surface area contributed by atoms with Crippen molar-refractivity contribution in [3.8, 4) is 5.75 Å². The molecule has 6 nitrogen and oxygen atoms in total. The highest BCUT2D eigenvalue weighted by molar-refractivity contribution is 5.87. The van der Waals surface area contributed by atoms with Crippen molar-refractivity contribution in [2.45, 2.75) is 58.3 Å². The summed E-state index contributed by atoms with van der Waals surface area (Å²) in [5.74, 6) is 0.657. The maximum absolute atomic E-state index is 12.4. The van der Waals surface area contributed by atoms with Crippen LogP contribution in [0.3, 0.4) is 0 Å². The maximum atomic E-state index is 12.4. The fourth-order valence-corrected chi connectivity index (χ4v) is 4.39. The van der Waals surface area contributed by atoms with Gasteiger partial charge < -0.3 is 20.9 Å². The van der Waals surface area contributed by atoms with Gasteiger partial charge in [-0.05, 0) is 73.1 Å². The van der Waals surface area contributed by atoms with Crippen LogP contribution in [0.15, 0.2) is 48.5 Å². The summed E-state index contributed by atoms with van der Waals surface area (Å²) in [6.45, 7) is 6.31. The van der Waals surface area contributed by atoms with Crippen molar-refractivity contribution in [1.82, 2.24) is 0 Å². The highest BCUT2D eigenvalue weighted by Crippen LogP contribution is 2.32. The summed E-state index contributed by atoms with van der Waals surface area (Å²) < 4.78 is 11.0. The van der Waals surface area contributed by atoms with Crippen molar-refractivity contribution in [2.75, 3.05) is 18.1 Å². The number of rotatable bonds is 8. The number of anilines is 2. The van der Waals surface area contributed by atoms with Crippen LogP contribution in [-0.2, 0) is 19.7 Å². The number of ether oxygens (including phenoxy) is 2. The van der Waals surface area contributed by atoms with Crippen LogP contribution < -0.4 is 16.2 Å². The fraction of sp³-hybridized carbons (Fsp3) is 0.429. The molecule has 2 aromatic carbocycles. The third kappa shape index (κ3) is 6.86. The first kappa shape index (κ1) is 25.3. The molecule has 2 aromatic rings. The number of nitrogen functional groups attached to an aromatic ring is 2. The third-order valence-electron chi connectivity index (χ3n) is 6.65. The number of carbonyl (C=O) groups is 2. The largest absolute Gasteiger partial charge is 0.462 e. The Bertz CT molecular complexity index is 1020. The molecule has 1 aliphatic carbocycles. The van der Waals surface area contributed by atoms with Crippen LogP contribution in [0.4, 0.5) is 11.4 Å². The normalized spacial score (nSPS) is 18.6. The van der Waals surface area contributed by atoms with Crippen molar-refractivity contribution < 1.29 is 19.1 Å². The fourth-order valence-electron chi connectivity index (χ4n) is 4.39. The van der Waals surface area contributed by atoms with E-state index in [2.05, 4.69) is 6.92 Å². The Labute approximate surface area is 202 Å². The van der Waals surface area contributed by atoms with E-state index < -0.39 is 11.4 Å². The zero-order valence-electron chi connectivity index (χ0n) is 20.4. The van der Waals surface area contributed by atoms with E-state index in [1.165, 1.54) is 12.5 Å². The molecule has 0 heterocycles. The van der Waals surface area contributed by atoms with Gasteiger partial charge in [0.2, 0.25) is 0 Å². The molecule has 0 aliphatic heterocycles. The quantitative estimate of drug-likeness (QED) is 0.231. The Hall–Kier alpha value is -3.28. The molecule has 0 radical (unpaired) electrons. The first-order valence-corrected chi connectivity index (χ1v) is 12.0. The molecule has 0 unspecified atom stereocenters. The Morgan fingerprint density at radius 3 is 2.32 bits per heavy atom. The average Bonchev–Trinajstić information content (AvgIpc) is 2.82. The number of esters is 2. The van der Waals surface area contributed by atoms with Crippen molar-refractivity contribution in [3.05, 3.63) is 59.7 Å². The molecule has 1 aliphatic rings. The second-order valence-corrected chi connectivity index (χ2v) is 9.79. The first-order valence-electron chi connectivity index (χ1n) is 12.0. The van der Waals surface area contributed by atoms with Crippen LogP contribution in [0, 0.1) is 11.8 Å². The number of nitrogens with two attached hydrogens (primary N) is 2. The van der Waals surface area contributed by atoms with Crippen molar-refractivity contribution in [2.24, 2.45) is 11.8 Å². The summed E-state index contributed by atoms with van der Waals surface area (Å²) >= 11 is 0. The van der Waals surface area contributed by atoms with Crippen LogP contribution in [0.5, 0.6) is 5.75 Å². The molecule has 6 heteroatoms. The summed E-state index contributed by atoms with van der Waals surface area (Å²) in [5.41, 5.74) is 14.2. The van der Waals surface area contributed by atoms with E-state index in [1.807, 2.05) is 19.9 Å². The van der Waals surface area contributed by atoms with E-state index in [0.717, 1.165) is 42.7 Å². The topological polar surface area (TPSA) is 105 Å². The summed E-state index contributed by atoms with van der Waals surface area (Å²) in [5, 5.41) is 0. The predicted octanol–water partition coefficient (Wildman–Crippen LogP) is 5.51.